The van der Waals surface area contributed by atoms with E-state index in [-0.39, 0.29) is 25.0 Å². The molecule has 0 aromatic heterocycles. The quantitative estimate of drug-likeness (QED) is 0.0653. The topological polar surface area (TPSA) is 98.7 Å². The van der Waals surface area contributed by atoms with Gasteiger partial charge in [0, 0.05) is 13.1 Å². The molecule has 2 unspecified atom stereocenters. The summed E-state index contributed by atoms with van der Waals surface area (Å²) < 4.78 is 1.24. The third-order valence-corrected chi connectivity index (χ3v) is 8.68. The van der Waals surface area contributed by atoms with Crippen LogP contribution in [0.1, 0.15) is 129 Å². The maximum Gasteiger partial charge on any atom is 0.275 e. The first-order chi connectivity index (χ1) is 20.2. The van der Waals surface area contributed by atoms with E-state index in [0.29, 0.717) is 35.1 Å². The summed E-state index contributed by atoms with van der Waals surface area (Å²) in [6, 6.07) is 0. The molecule has 42 heavy (non-hydrogen) atoms. The molecule has 0 aromatic carbocycles. The van der Waals surface area contributed by atoms with E-state index < -0.39 is 0 Å². The van der Waals surface area contributed by atoms with Crippen molar-refractivity contribution in [3.8, 4) is 0 Å². The molecule has 0 aliphatic rings. The first-order valence-electron chi connectivity index (χ1n) is 17.7. The van der Waals surface area contributed by atoms with E-state index in [0.717, 1.165) is 51.9 Å². The first-order valence-corrected chi connectivity index (χ1v) is 17.7. The molecule has 8 nitrogen and oxygen atoms in total. The summed E-state index contributed by atoms with van der Waals surface area (Å²) in [7, 11) is 4.20. The number of quaternary nitrogens is 2. The van der Waals surface area contributed by atoms with Gasteiger partial charge in [0.2, 0.25) is 0 Å². The molecule has 0 aliphatic heterocycles. The fourth-order valence-electron chi connectivity index (χ4n) is 5.79. The second-order valence-corrected chi connectivity index (χ2v) is 13.3. The molecule has 0 aliphatic carbocycles. The molecule has 250 valence electrons. The van der Waals surface area contributed by atoms with Gasteiger partial charge in [-0.2, -0.15) is 0 Å². The highest BCUT2D eigenvalue weighted by Gasteiger charge is 2.25. The van der Waals surface area contributed by atoms with E-state index in [1.54, 1.807) is 0 Å². The minimum atomic E-state index is 0.109. The monoisotopic (exact) mass is 601 g/mol. The second-order valence-electron chi connectivity index (χ2n) is 13.3. The smallest absolute Gasteiger partial charge is 0.275 e. The fraction of sp³-hybridized carbons (Fsp3) is 0.941. The predicted molar refractivity (Wildman–Crippen MR) is 176 cm³/mol. The molecule has 0 spiro atoms. The summed E-state index contributed by atoms with van der Waals surface area (Å²) >= 11 is 0. The van der Waals surface area contributed by atoms with Crippen LogP contribution in [0.5, 0.6) is 0 Å². The molecule has 0 fully saturated rings. The zero-order valence-electron chi connectivity index (χ0n) is 28.4. The van der Waals surface area contributed by atoms with Gasteiger partial charge in [-0.25, -0.2) is 0 Å². The molecule has 0 saturated heterocycles. The van der Waals surface area contributed by atoms with Crippen LogP contribution < -0.4 is 10.6 Å². The molecule has 2 amide bonds. The van der Waals surface area contributed by atoms with Crippen molar-refractivity contribution in [3.05, 3.63) is 0 Å². The SMILES string of the molecule is CCCCCCNC(=O)C[N+](C)(CCO)CCCCCCCCCCCC[N+](C)(CCO)CC(=O)NCCCCCC. The van der Waals surface area contributed by atoms with Gasteiger partial charge in [-0.3, -0.25) is 9.59 Å². The van der Waals surface area contributed by atoms with Gasteiger partial charge < -0.3 is 29.8 Å². The van der Waals surface area contributed by atoms with E-state index in [4.69, 9.17) is 0 Å². The van der Waals surface area contributed by atoms with Gasteiger partial charge in [-0.1, -0.05) is 90.9 Å². The van der Waals surface area contributed by atoms with E-state index in [2.05, 4.69) is 38.6 Å². The second kappa shape index (κ2) is 27.3. The van der Waals surface area contributed by atoms with Crippen molar-refractivity contribution < 1.29 is 28.8 Å². The number of amides is 2. The summed E-state index contributed by atoms with van der Waals surface area (Å²) in [5, 5.41) is 25.2. The maximum atomic E-state index is 12.4. The Labute approximate surface area is 260 Å². The Morgan fingerprint density at radius 2 is 0.786 bits per heavy atom. The number of rotatable bonds is 31. The third-order valence-electron chi connectivity index (χ3n) is 8.68. The van der Waals surface area contributed by atoms with Crippen molar-refractivity contribution in [2.75, 3.05) is 79.7 Å². The molecule has 0 bridgehead atoms. The molecule has 0 radical (unpaired) electrons. The van der Waals surface area contributed by atoms with Crippen LogP contribution in [-0.2, 0) is 9.59 Å². The first kappa shape index (κ1) is 40.8. The number of nitrogens with zero attached hydrogens (tertiary/aromatic N) is 2. The maximum absolute atomic E-state index is 12.4. The van der Waals surface area contributed by atoms with Crippen LogP contribution >= 0.6 is 0 Å². The van der Waals surface area contributed by atoms with Crippen molar-refractivity contribution >= 4 is 11.8 Å². The van der Waals surface area contributed by atoms with Crippen LogP contribution in [0.25, 0.3) is 0 Å². The van der Waals surface area contributed by atoms with Gasteiger partial charge in [0.05, 0.1) is 40.4 Å². The van der Waals surface area contributed by atoms with Gasteiger partial charge >= 0.3 is 0 Å². The number of carbonyl (C=O) groups is 2. The number of carbonyl (C=O) groups excluding carboxylic acids is 2. The predicted octanol–water partition coefficient (Wildman–Crippen LogP) is 5.16. The number of nitrogens with one attached hydrogen (secondary N) is 2. The summed E-state index contributed by atoms with van der Waals surface area (Å²) in [5.41, 5.74) is 0. The van der Waals surface area contributed by atoms with E-state index in [9.17, 15) is 19.8 Å². The zero-order valence-corrected chi connectivity index (χ0v) is 28.4. The van der Waals surface area contributed by atoms with Crippen LogP contribution in [0, 0.1) is 0 Å². The van der Waals surface area contributed by atoms with Crippen molar-refractivity contribution in [2.24, 2.45) is 0 Å². The van der Waals surface area contributed by atoms with Gasteiger partial charge in [-0.15, -0.1) is 0 Å². The lowest BCUT2D eigenvalue weighted by atomic mass is 10.1. The third kappa shape index (κ3) is 24.2. The highest BCUT2D eigenvalue weighted by atomic mass is 16.3. The van der Waals surface area contributed by atoms with E-state index in [1.807, 2.05) is 0 Å². The Morgan fingerprint density at radius 3 is 1.10 bits per heavy atom. The lowest BCUT2D eigenvalue weighted by Gasteiger charge is -2.33. The molecule has 8 heteroatoms. The van der Waals surface area contributed by atoms with E-state index >= 15 is 0 Å². The Hall–Kier alpha value is -1.22. The van der Waals surface area contributed by atoms with Crippen molar-refractivity contribution in [1.29, 1.82) is 0 Å². The van der Waals surface area contributed by atoms with Gasteiger partial charge in [0.15, 0.2) is 13.1 Å². The van der Waals surface area contributed by atoms with Crippen LogP contribution in [0.15, 0.2) is 0 Å². The number of hydrogen-bond donors (Lipinski definition) is 4. The molecule has 0 rings (SSSR count). The molecule has 0 heterocycles. The van der Waals surface area contributed by atoms with Gasteiger partial charge in [0.25, 0.3) is 11.8 Å². The minimum Gasteiger partial charge on any atom is -0.391 e. The lowest BCUT2D eigenvalue weighted by molar-refractivity contribution is -0.902. The van der Waals surface area contributed by atoms with Crippen molar-refractivity contribution in [2.45, 2.75) is 129 Å². The Morgan fingerprint density at radius 1 is 0.476 bits per heavy atom. The highest BCUT2D eigenvalue weighted by Crippen LogP contribution is 2.14. The average Bonchev–Trinajstić information content (AvgIpc) is 2.93. The van der Waals surface area contributed by atoms with Gasteiger partial charge in [0.1, 0.15) is 13.1 Å². The molecular weight excluding hydrogens is 528 g/mol. The lowest BCUT2D eigenvalue weighted by Crippen LogP contribution is -2.52. The van der Waals surface area contributed by atoms with Crippen molar-refractivity contribution in [1.82, 2.24) is 10.6 Å². The van der Waals surface area contributed by atoms with Crippen LogP contribution in [0.4, 0.5) is 0 Å². The normalized spacial score (nSPS) is 14.3. The Balaban J connectivity index is 3.95. The standard InChI is InChI=1S/C34H70N4O4/c1-5-7-9-19-23-35-33(41)31-37(3,27-29-39)25-21-17-15-13-11-12-14-16-18-22-26-38(4,28-30-40)32-34(42)36-24-20-10-8-6-2/h39-40H,5-32H2,1-4H3/p+2. The highest BCUT2D eigenvalue weighted by molar-refractivity contribution is 5.77. The number of unbranched alkanes of at least 4 members (excludes halogenated alkanes) is 15. The van der Waals surface area contributed by atoms with Crippen LogP contribution in [0.3, 0.4) is 0 Å². The number of hydrogen-bond acceptors (Lipinski definition) is 4. The summed E-state index contributed by atoms with van der Waals surface area (Å²) in [6.45, 7) is 10.2. The Kier molecular flexibility index (Phi) is 26.5. The fourth-order valence-corrected chi connectivity index (χ4v) is 5.79. The Bertz CT molecular complexity index is 597. The van der Waals surface area contributed by atoms with Gasteiger partial charge in [-0.05, 0) is 38.5 Å². The molecule has 0 saturated carbocycles. The zero-order chi connectivity index (χ0) is 31.4. The minimum absolute atomic E-state index is 0.109. The molecule has 0 aromatic rings. The largest absolute Gasteiger partial charge is 0.391 e. The van der Waals surface area contributed by atoms with Crippen LogP contribution in [0.2, 0.25) is 0 Å². The molecule has 4 N–H and O–H groups in total. The average molecular weight is 601 g/mol. The van der Waals surface area contributed by atoms with E-state index in [1.165, 1.54) is 89.9 Å². The molecule has 2 atom stereocenters. The van der Waals surface area contributed by atoms with Crippen LogP contribution in [-0.4, -0.2) is 111 Å². The number of aliphatic hydroxyl groups is 2. The number of aliphatic hydroxyl groups excluding tert-OH is 2. The van der Waals surface area contributed by atoms with Crippen molar-refractivity contribution in [3.63, 3.8) is 0 Å². The summed E-state index contributed by atoms with van der Waals surface area (Å²) in [6.07, 6.45) is 21.4. The number of likely N-dealkylation sites (N-methyl/N-ethyl adjacent to an activating group) is 2. The molecular formula is C34H72N4O4+2. The summed E-state index contributed by atoms with van der Waals surface area (Å²) in [5.74, 6) is 0.219. The summed E-state index contributed by atoms with van der Waals surface area (Å²) in [4.78, 5) is 24.8.